The van der Waals surface area contributed by atoms with E-state index in [9.17, 15) is 4.79 Å². The average molecular weight is 226 g/mol. The van der Waals surface area contributed by atoms with Gasteiger partial charge in [-0.3, -0.25) is 4.79 Å². The summed E-state index contributed by atoms with van der Waals surface area (Å²) in [5.41, 5.74) is 6.02. The van der Waals surface area contributed by atoms with Crippen LogP contribution >= 0.6 is 0 Å². The summed E-state index contributed by atoms with van der Waals surface area (Å²) in [6, 6.07) is 0.447. The molecule has 0 bridgehead atoms. The average Bonchev–Trinajstić information content (AvgIpc) is 2.95. The van der Waals surface area contributed by atoms with E-state index in [0.29, 0.717) is 25.7 Å². The molecule has 0 aromatic rings. The number of ether oxygens (including phenoxy) is 1. The molecular weight excluding hydrogens is 204 g/mol. The third-order valence-electron chi connectivity index (χ3n) is 3.40. The predicted molar refractivity (Wildman–Crippen MR) is 62.0 cm³/mol. The molecule has 2 aliphatic carbocycles. The van der Waals surface area contributed by atoms with E-state index in [4.69, 9.17) is 10.5 Å². The van der Waals surface area contributed by atoms with Crippen LogP contribution < -0.4 is 11.1 Å². The lowest BCUT2D eigenvalue weighted by Gasteiger charge is -2.22. The van der Waals surface area contributed by atoms with Gasteiger partial charge < -0.3 is 15.8 Å². The second-order valence-electron chi connectivity index (χ2n) is 5.21. The molecule has 4 heteroatoms. The van der Waals surface area contributed by atoms with Gasteiger partial charge in [0.05, 0.1) is 13.2 Å². The maximum absolute atomic E-state index is 11.3. The largest absolute Gasteiger partial charge is 0.379 e. The van der Waals surface area contributed by atoms with Crippen LogP contribution in [0.3, 0.4) is 0 Å². The maximum atomic E-state index is 11.3. The topological polar surface area (TPSA) is 64.3 Å². The molecule has 0 saturated heterocycles. The Kier molecular flexibility index (Phi) is 3.82. The standard InChI is InChI=1S/C12H22N2O2/c13-12(6-1-2-7-12)9-16-8-5-11(15)14-10-3-4-10/h10H,1-9,13H2,(H,14,15). The molecule has 0 atom stereocenters. The quantitative estimate of drug-likeness (QED) is 0.663. The summed E-state index contributed by atoms with van der Waals surface area (Å²) in [6.45, 7) is 1.10. The molecule has 3 N–H and O–H groups in total. The van der Waals surface area contributed by atoms with Gasteiger partial charge in [0.1, 0.15) is 0 Å². The molecule has 92 valence electrons. The second kappa shape index (κ2) is 5.15. The molecule has 0 heterocycles. The number of hydrogen-bond acceptors (Lipinski definition) is 3. The van der Waals surface area contributed by atoms with E-state index >= 15 is 0 Å². The van der Waals surface area contributed by atoms with Crippen LogP contribution in [0.1, 0.15) is 44.9 Å². The Bertz CT molecular complexity index is 245. The second-order valence-corrected chi connectivity index (χ2v) is 5.21. The molecule has 16 heavy (non-hydrogen) atoms. The van der Waals surface area contributed by atoms with Crippen LogP contribution in [0.25, 0.3) is 0 Å². The van der Waals surface area contributed by atoms with E-state index in [1.165, 1.54) is 12.8 Å². The molecule has 0 aliphatic heterocycles. The highest BCUT2D eigenvalue weighted by molar-refractivity contribution is 5.76. The van der Waals surface area contributed by atoms with E-state index in [-0.39, 0.29) is 11.4 Å². The van der Waals surface area contributed by atoms with Gasteiger partial charge in [0.15, 0.2) is 0 Å². The summed E-state index contributed by atoms with van der Waals surface area (Å²) < 4.78 is 5.51. The highest BCUT2D eigenvalue weighted by Gasteiger charge is 2.29. The normalized spacial score (nSPS) is 23.3. The fraction of sp³-hybridized carbons (Fsp3) is 0.917. The van der Waals surface area contributed by atoms with Crippen LogP contribution in [-0.2, 0) is 9.53 Å². The molecule has 0 aromatic heterocycles. The molecule has 1 amide bonds. The minimum atomic E-state index is -0.118. The first-order valence-corrected chi connectivity index (χ1v) is 6.34. The number of amides is 1. The first-order chi connectivity index (χ1) is 7.68. The molecule has 4 nitrogen and oxygen atoms in total. The minimum absolute atomic E-state index is 0.111. The predicted octanol–water partition coefficient (Wildman–Crippen LogP) is 0.943. The molecule has 0 unspecified atom stereocenters. The van der Waals surface area contributed by atoms with Crippen molar-refractivity contribution in [3.8, 4) is 0 Å². The van der Waals surface area contributed by atoms with Gasteiger partial charge in [-0.2, -0.15) is 0 Å². The van der Waals surface area contributed by atoms with Gasteiger partial charge in [-0.05, 0) is 25.7 Å². The monoisotopic (exact) mass is 226 g/mol. The van der Waals surface area contributed by atoms with Gasteiger partial charge in [0, 0.05) is 18.0 Å². The molecule has 0 spiro atoms. The Hall–Kier alpha value is -0.610. The van der Waals surface area contributed by atoms with Crippen LogP contribution in [0.4, 0.5) is 0 Å². The Labute approximate surface area is 96.9 Å². The van der Waals surface area contributed by atoms with Gasteiger partial charge in [-0.1, -0.05) is 12.8 Å². The van der Waals surface area contributed by atoms with Crippen molar-refractivity contribution in [1.29, 1.82) is 0 Å². The summed E-state index contributed by atoms with van der Waals surface area (Å²) in [4.78, 5) is 11.3. The summed E-state index contributed by atoms with van der Waals surface area (Å²) in [6.07, 6.45) is 7.27. The zero-order chi connectivity index (χ0) is 11.4. The highest BCUT2D eigenvalue weighted by atomic mass is 16.5. The van der Waals surface area contributed by atoms with Crippen molar-refractivity contribution >= 4 is 5.91 Å². The number of rotatable bonds is 6. The zero-order valence-corrected chi connectivity index (χ0v) is 9.84. The fourth-order valence-corrected chi connectivity index (χ4v) is 2.19. The smallest absolute Gasteiger partial charge is 0.222 e. The van der Waals surface area contributed by atoms with E-state index in [1.54, 1.807) is 0 Å². The van der Waals surface area contributed by atoms with Crippen LogP contribution in [0.5, 0.6) is 0 Å². The summed E-state index contributed by atoms with van der Waals surface area (Å²) >= 11 is 0. The van der Waals surface area contributed by atoms with Crippen molar-refractivity contribution in [3.05, 3.63) is 0 Å². The van der Waals surface area contributed by atoms with E-state index in [2.05, 4.69) is 5.32 Å². The molecule has 2 aliphatic rings. The van der Waals surface area contributed by atoms with Crippen LogP contribution in [0.2, 0.25) is 0 Å². The minimum Gasteiger partial charge on any atom is -0.379 e. The third-order valence-corrected chi connectivity index (χ3v) is 3.40. The van der Waals surface area contributed by atoms with Gasteiger partial charge in [-0.25, -0.2) is 0 Å². The lowest BCUT2D eigenvalue weighted by atomic mass is 10.0. The SMILES string of the molecule is NC1(COCCC(=O)NC2CC2)CCCC1. The molecule has 2 fully saturated rings. The highest BCUT2D eigenvalue weighted by Crippen LogP contribution is 2.27. The molecule has 0 aromatic carbocycles. The van der Waals surface area contributed by atoms with Crippen molar-refractivity contribution in [2.24, 2.45) is 5.73 Å². The lowest BCUT2D eigenvalue weighted by Crippen LogP contribution is -2.41. The maximum Gasteiger partial charge on any atom is 0.222 e. The number of carbonyl (C=O) groups is 1. The van der Waals surface area contributed by atoms with Crippen molar-refractivity contribution in [1.82, 2.24) is 5.32 Å². The molecule has 0 radical (unpaired) electrons. The fourth-order valence-electron chi connectivity index (χ4n) is 2.19. The zero-order valence-electron chi connectivity index (χ0n) is 9.84. The van der Waals surface area contributed by atoms with Crippen LogP contribution in [0.15, 0.2) is 0 Å². The number of nitrogens with two attached hydrogens (primary N) is 1. The number of nitrogens with one attached hydrogen (secondary N) is 1. The van der Waals surface area contributed by atoms with Gasteiger partial charge in [0.25, 0.3) is 0 Å². The first kappa shape index (κ1) is 11.9. The van der Waals surface area contributed by atoms with Crippen molar-refractivity contribution < 1.29 is 9.53 Å². The van der Waals surface area contributed by atoms with E-state index in [0.717, 1.165) is 25.7 Å². The summed E-state index contributed by atoms with van der Waals surface area (Å²) in [7, 11) is 0. The number of hydrogen-bond donors (Lipinski definition) is 2. The van der Waals surface area contributed by atoms with Gasteiger partial charge >= 0.3 is 0 Å². The Morgan fingerprint density at radius 1 is 1.38 bits per heavy atom. The van der Waals surface area contributed by atoms with Crippen molar-refractivity contribution in [2.45, 2.75) is 56.5 Å². The van der Waals surface area contributed by atoms with Gasteiger partial charge in [0.2, 0.25) is 5.91 Å². The van der Waals surface area contributed by atoms with Crippen LogP contribution in [0, 0.1) is 0 Å². The van der Waals surface area contributed by atoms with Crippen molar-refractivity contribution in [2.75, 3.05) is 13.2 Å². The first-order valence-electron chi connectivity index (χ1n) is 6.34. The van der Waals surface area contributed by atoms with E-state index < -0.39 is 0 Å². The van der Waals surface area contributed by atoms with E-state index in [1.807, 2.05) is 0 Å². The molecule has 2 rings (SSSR count). The van der Waals surface area contributed by atoms with Gasteiger partial charge in [-0.15, -0.1) is 0 Å². The van der Waals surface area contributed by atoms with Crippen molar-refractivity contribution in [3.63, 3.8) is 0 Å². The number of carbonyl (C=O) groups excluding carboxylic acids is 1. The lowest BCUT2D eigenvalue weighted by molar-refractivity contribution is -0.122. The molecule has 2 saturated carbocycles. The third kappa shape index (κ3) is 3.76. The van der Waals surface area contributed by atoms with Crippen LogP contribution in [-0.4, -0.2) is 30.7 Å². The Morgan fingerprint density at radius 3 is 2.69 bits per heavy atom. The molecular formula is C12H22N2O2. The Morgan fingerprint density at radius 2 is 2.06 bits per heavy atom. The summed E-state index contributed by atoms with van der Waals surface area (Å²) in [5, 5.41) is 2.94. The Balaban J connectivity index is 1.52. The summed E-state index contributed by atoms with van der Waals surface area (Å²) in [5.74, 6) is 0.111.